The second-order valence-corrected chi connectivity index (χ2v) is 5.78. The fraction of sp³-hybridized carbons (Fsp3) is 0.556. The summed E-state index contributed by atoms with van der Waals surface area (Å²) in [7, 11) is -3.71. The van der Waals surface area contributed by atoms with E-state index in [0.717, 1.165) is 18.4 Å². The van der Waals surface area contributed by atoms with E-state index in [4.69, 9.17) is 10.2 Å². The third-order valence-corrected chi connectivity index (χ3v) is 4.34. The van der Waals surface area contributed by atoms with E-state index in [1.54, 1.807) is 5.38 Å². The Kier molecular flexibility index (Phi) is 4.27. The Hall–Kier alpha value is -0.430. The van der Waals surface area contributed by atoms with Crippen molar-refractivity contribution in [2.24, 2.45) is 5.14 Å². The summed E-state index contributed by atoms with van der Waals surface area (Å²) in [6.45, 7) is 1.76. The predicted octanol–water partition coefficient (Wildman–Crippen LogP) is 1.23. The lowest BCUT2D eigenvalue weighted by molar-refractivity contribution is 0.282. The monoisotopic (exact) mass is 249 g/mol. The van der Waals surface area contributed by atoms with Crippen LogP contribution in [0, 0.1) is 0 Å². The zero-order valence-electron chi connectivity index (χ0n) is 8.56. The minimum atomic E-state index is -3.71. The van der Waals surface area contributed by atoms with Gasteiger partial charge in [-0.15, -0.1) is 11.3 Å². The lowest BCUT2D eigenvalue weighted by atomic mass is 10.1. The van der Waals surface area contributed by atoms with Gasteiger partial charge in [0.1, 0.15) is 4.90 Å². The fourth-order valence-corrected chi connectivity index (χ4v) is 3.73. The second kappa shape index (κ2) is 5.07. The first-order valence-corrected chi connectivity index (χ1v) is 7.16. The van der Waals surface area contributed by atoms with Gasteiger partial charge in [-0.25, -0.2) is 13.6 Å². The molecule has 1 heterocycles. The molecule has 0 bridgehead atoms. The summed E-state index contributed by atoms with van der Waals surface area (Å²) >= 11 is 1.24. The number of hydrogen-bond donors (Lipinski definition) is 2. The van der Waals surface area contributed by atoms with E-state index >= 15 is 0 Å². The van der Waals surface area contributed by atoms with Gasteiger partial charge in [0.25, 0.3) is 0 Å². The highest BCUT2D eigenvalue weighted by Crippen LogP contribution is 2.27. The average Bonchev–Trinajstić information content (AvgIpc) is 2.56. The molecule has 1 aromatic rings. The van der Waals surface area contributed by atoms with Crippen molar-refractivity contribution in [2.45, 2.75) is 37.7 Å². The molecule has 4 nitrogen and oxygen atoms in total. The molecular weight excluding hydrogens is 234 g/mol. The van der Waals surface area contributed by atoms with Gasteiger partial charge in [-0.05, 0) is 23.8 Å². The number of sulfonamides is 1. The van der Waals surface area contributed by atoms with Crippen LogP contribution in [0.1, 0.15) is 30.2 Å². The number of hydrogen-bond acceptors (Lipinski definition) is 4. The summed E-state index contributed by atoms with van der Waals surface area (Å²) in [6.07, 6.45) is 2.61. The van der Waals surface area contributed by atoms with Crippen LogP contribution >= 0.6 is 11.3 Å². The zero-order chi connectivity index (χ0) is 11.5. The van der Waals surface area contributed by atoms with Gasteiger partial charge in [0.05, 0.1) is 11.5 Å². The first-order valence-electron chi connectivity index (χ1n) is 4.73. The number of aliphatic hydroxyl groups excluding tert-OH is 1. The molecule has 0 unspecified atom stereocenters. The first-order chi connectivity index (χ1) is 7.00. The number of unbranched alkanes of at least 4 members (excludes halogenated alkanes) is 1. The number of rotatable bonds is 5. The minimum absolute atomic E-state index is 0.128. The van der Waals surface area contributed by atoms with E-state index in [0.29, 0.717) is 11.3 Å². The Labute approximate surface area is 93.8 Å². The van der Waals surface area contributed by atoms with Gasteiger partial charge in [0, 0.05) is 0 Å². The van der Waals surface area contributed by atoms with Gasteiger partial charge in [-0.3, -0.25) is 0 Å². The molecule has 0 saturated carbocycles. The Morgan fingerprint density at radius 1 is 1.53 bits per heavy atom. The van der Waals surface area contributed by atoms with E-state index in [-0.39, 0.29) is 11.5 Å². The minimum Gasteiger partial charge on any atom is -0.391 e. The molecule has 0 fully saturated rings. The molecular formula is C9H15NO3S2. The van der Waals surface area contributed by atoms with Gasteiger partial charge >= 0.3 is 0 Å². The topological polar surface area (TPSA) is 80.4 Å². The Bertz CT molecular complexity index is 423. The molecule has 0 spiro atoms. The average molecular weight is 249 g/mol. The molecule has 1 rings (SSSR count). The molecule has 1 aromatic heterocycles. The van der Waals surface area contributed by atoms with Crippen LogP contribution in [0.5, 0.6) is 0 Å². The quantitative estimate of drug-likeness (QED) is 0.823. The SMILES string of the molecule is CCCCc1csc(CO)c1S(N)(=O)=O. The number of primary sulfonamides is 1. The van der Waals surface area contributed by atoms with E-state index in [1.807, 2.05) is 6.92 Å². The molecule has 0 aliphatic heterocycles. The third-order valence-electron chi connectivity index (χ3n) is 2.12. The molecule has 0 radical (unpaired) electrons. The standard InChI is InChI=1S/C9H15NO3S2/c1-2-3-4-7-6-14-8(5-11)9(7)15(10,12)13/h6,11H,2-5H2,1H3,(H2,10,12,13). The maximum absolute atomic E-state index is 11.3. The number of aliphatic hydroxyl groups is 1. The van der Waals surface area contributed by atoms with Crippen molar-refractivity contribution >= 4 is 21.4 Å². The van der Waals surface area contributed by atoms with Crippen LogP contribution in [0.15, 0.2) is 10.3 Å². The number of aryl methyl sites for hydroxylation is 1. The highest BCUT2D eigenvalue weighted by atomic mass is 32.2. The van der Waals surface area contributed by atoms with Gasteiger partial charge in [-0.2, -0.15) is 0 Å². The fourth-order valence-electron chi connectivity index (χ4n) is 1.42. The molecule has 0 aromatic carbocycles. The molecule has 0 atom stereocenters. The highest BCUT2D eigenvalue weighted by molar-refractivity contribution is 7.89. The van der Waals surface area contributed by atoms with Crippen molar-refractivity contribution in [1.82, 2.24) is 0 Å². The summed E-state index contributed by atoms with van der Waals surface area (Å²) in [5, 5.41) is 15.9. The van der Waals surface area contributed by atoms with Crippen molar-refractivity contribution in [3.05, 3.63) is 15.8 Å². The Morgan fingerprint density at radius 2 is 2.20 bits per heavy atom. The molecule has 0 aliphatic carbocycles. The zero-order valence-corrected chi connectivity index (χ0v) is 10.2. The van der Waals surface area contributed by atoms with Crippen molar-refractivity contribution in [1.29, 1.82) is 0 Å². The third kappa shape index (κ3) is 3.01. The number of thiophene rings is 1. The number of nitrogens with two attached hydrogens (primary N) is 1. The first kappa shape index (κ1) is 12.6. The normalized spacial score (nSPS) is 11.9. The van der Waals surface area contributed by atoms with Crippen LogP contribution in [0.4, 0.5) is 0 Å². The molecule has 0 saturated heterocycles. The molecule has 3 N–H and O–H groups in total. The second-order valence-electron chi connectivity index (χ2n) is 3.32. The lowest BCUT2D eigenvalue weighted by Gasteiger charge is -2.03. The van der Waals surface area contributed by atoms with Crippen molar-refractivity contribution in [2.75, 3.05) is 0 Å². The van der Waals surface area contributed by atoms with Gasteiger partial charge in [0.2, 0.25) is 10.0 Å². The van der Waals surface area contributed by atoms with Crippen LogP contribution in [-0.2, 0) is 23.1 Å². The van der Waals surface area contributed by atoms with Crippen LogP contribution in [-0.4, -0.2) is 13.5 Å². The highest BCUT2D eigenvalue weighted by Gasteiger charge is 2.20. The molecule has 0 aliphatic rings. The summed E-state index contributed by atoms with van der Waals surface area (Å²) in [6, 6.07) is 0. The largest absolute Gasteiger partial charge is 0.391 e. The maximum Gasteiger partial charge on any atom is 0.239 e. The van der Waals surface area contributed by atoms with E-state index in [1.165, 1.54) is 11.3 Å². The molecule has 15 heavy (non-hydrogen) atoms. The Morgan fingerprint density at radius 3 is 2.67 bits per heavy atom. The summed E-state index contributed by atoms with van der Waals surface area (Å²) in [5.41, 5.74) is 0.730. The van der Waals surface area contributed by atoms with Crippen LogP contribution in [0.3, 0.4) is 0 Å². The smallest absolute Gasteiger partial charge is 0.239 e. The van der Waals surface area contributed by atoms with Crippen LogP contribution in [0.25, 0.3) is 0 Å². The van der Waals surface area contributed by atoms with Crippen molar-refractivity contribution < 1.29 is 13.5 Å². The van der Waals surface area contributed by atoms with Gasteiger partial charge in [-0.1, -0.05) is 13.3 Å². The van der Waals surface area contributed by atoms with Crippen molar-refractivity contribution in [3.8, 4) is 0 Å². The molecule has 0 amide bonds. The van der Waals surface area contributed by atoms with E-state index in [9.17, 15) is 8.42 Å². The predicted molar refractivity (Wildman–Crippen MR) is 60.2 cm³/mol. The van der Waals surface area contributed by atoms with E-state index in [2.05, 4.69) is 0 Å². The summed E-state index contributed by atoms with van der Waals surface area (Å²) < 4.78 is 22.7. The summed E-state index contributed by atoms with van der Waals surface area (Å²) in [5.74, 6) is 0. The van der Waals surface area contributed by atoms with Crippen LogP contribution < -0.4 is 5.14 Å². The molecule has 6 heteroatoms. The van der Waals surface area contributed by atoms with Crippen molar-refractivity contribution in [3.63, 3.8) is 0 Å². The molecule has 86 valence electrons. The van der Waals surface area contributed by atoms with E-state index < -0.39 is 10.0 Å². The van der Waals surface area contributed by atoms with Gasteiger partial charge < -0.3 is 5.11 Å². The lowest BCUT2D eigenvalue weighted by Crippen LogP contribution is -2.15. The summed E-state index contributed by atoms with van der Waals surface area (Å²) in [4.78, 5) is 0.562. The van der Waals surface area contributed by atoms with Gasteiger partial charge in [0.15, 0.2) is 0 Å². The Balaban J connectivity index is 3.12. The van der Waals surface area contributed by atoms with Crippen LogP contribution in [0.2, 0.25) is 0 Å². The maximum atomic E-state index is 11.3.